The first-order valence-corrected chi connectivity index (χ1v) is 8.19. The van der Waals surface area contributed by atoms with Gasteiger partial charge < -0.3 is 14.9 Å². The van der Waals surface area contributed by atoms with Gasteiger partial charge in [0.2, 0.25) is 5.91 Å². The summed E-state index contributed by atoms with van der Waals surface area (Å²) in [5.74, 6) is -1.59. The number of aliphatic hydroxyl groups excluding tert-OH is 1. The second-order valence-electron chi connectivity index (χ2n) is 6.41. The van der Waals surface area contributed by atoms with Crippen molar-refractivity contribution in [3.8, 4) is 0 Å². The largest absolute Gasteiger partial charge is 0.387 e. The summed E-state index contributed by atoms with van der Waals surface area (Å²) in [5.41, 5.74) is 0.390. The average molecular weight is 324 g/mol. The Labute approximate surface area is 134 Å². The molecule has 126 valence electrons. The molecule has 2 saturated heterocycles. The number of aliphatic hydroxyl groups is 1. The van der Waals surface area contributed by atoms with Crippen LogP contribution in [-0.4, -0.2) is 53.0 Å². The Morgan fingerprint density at radius 3 is 2.52 bits per heavy atom. The van der Waals surface area contributed by atoms with E-state index < -0.39 is 17.7 Å². The summed E-state index contributed by atoms with van der Waals surface area (Å²) in [6.07, 6.45) is 2.57. The van der Waals surface area contributed by atoms with Crippen molar-refractivity contribution in [1.82, 2.24) is 9.80 Å². The molecule has 1 aromatic carbocycles. The Hall–Kier alpha value is -1.53. The van der Waals surface area contributed by atoms with E-state index in [0.717, 1.165) is 51.0 Å². The highest BCUT2D eigenvalue weighted by atomic mass is 19.2. The van der Waals surface area contributed by atoms with Crippen molar-refractivity contribution in [2.45, 2.75) is 37.8 Å². The molecule has 4 nitrogen and oxygen atoms in total. The van der Waals surface area contributed by atoms with Gasteiger partial charge in [0.25, 0.3) is 0 Å². The number of rotatable bonds is 4. The maximum absolute atomic E-state index is 13.2. The summed E-state index contributed by atoms with van der Waals surface area (Å²) in [4.78, 5) is 15.9. The van der Waals surface area contributed by atoms with E-state index in [4.69, 9.17) is 0 Å². The monoisotopic (exact) mass is 324 g/mol. The van der Waals surface area contributed by atoms with Gasteiger partial charge in [-0.05, 0) is 37.0 Å². The minimum atomic E-state index is -0.937. The maximum Gasteiger partial charge on any atom is 0.222 e. The van der Waals surface area contributed by atoms with Crippen molar-refractivity contribution < 1.29 is 18.7 Å². The maximum atomic E-state index is 13.2. The highest BCUT2D eigenvalue weighted by Crippen LogP contribution is 2.24. The van der Waals surface area contributed by atoms with Gasteiger partial charge in [0, 0.05) is 38.6 Å². The molecule has 0 aromatic heterocycles. The number of carbonyl (C=O) groups is 1. The van der Waals surface area contributed by atoms with Crippen molar-refractivity contribution in [2.24, 2.45) is 0 Å². The summed E-state index contributed by atoms with van der Waals surface area (Å²) in [6.45, 7) is 2.86. The number of carbonyl (C=O) groups excluding carboxylic acids is 1. The van der Waals surface area contributed by atoms with Crippen LogP contribution < -0.4 is 0 Å². The number of β-amino-alcohol motifs (C(OH)–C–C–N with tert-alkyl or cyclic N) is 1. The number of hydrogen-bond acceptors (Lipinski definition) is 3. The van der Waals surface area contributed by atoms with E-state index in [-0.39, 0.29) is 5.91 Å². The average Bonchev–Trinajstić information content (AvgIpc) is 2.97. The fraction of sp³-hybridized carbons (Fsp3) is 0.588. The number of nitrogens with zero attached hydrogens (tertiary/aromatic N) is 2. The molecule has 6 heteroatoms. The quantitative estimate of drug-likeness (QED) is 0.922. The number of piperidine rings is 1. The van der Waals surface area contributed by atoms with E-state index in [1.54, 1.807) is 0 Å². The summed E-state index contributed by atoms with van der Waals surface area (Å²) >= 11 is 0. The third-order valence-corrected chi connectivity index (χ3v) is 4.87. The predicted molar refractivity (Wildman–Crippen MR) is 81.7 cm³/mol. The van der Waals surface area contributed by atoms with Gasteiger partial charge in [-0.15, -0.1) is 0 Å². The number of halogens is 2. The molecular weight excluding hydrogens is 302 g/mol. The lowest BCUT2D eigenvalue weighted by atomic mass is 10.0. The Balaban J connectivity index is 1.52. The van der Waals surface area contributed by atoms with Crippen LogP contribution in [0.15, 0.2) is 18.2 Å². The second-order valence-corrected chi connectivity index (χ2v) is 6.41. The number of amides is 1. The fourth-order valence-electron chi connectivity index (χ4n) is 3.54. The first-order chi connectivity index (χ1) is 11.0. The molecule has 0 spiro atoms. The number of hydrogen-bond donors (Lipinski definition) is 1. The van der Waals surface area contributed by atoms with Gasteiger partial charge in [0.1, 0.15) is 0 Å². The van der Waals surface area contributed by atoms with Crippen LogP contribution in [0.25, 0.3) is 0 Å². The molecule has 3 rings (SSSR count). The minimum Gasteiger partial charge on any atom is -0.387 e. The molecule has 1 amide bonds. The van der Waals surface area contributed by atoms with E-state index in [1.165, 1.54) is 6.07 Å². The van der Waals surface area contributed by atoms with Crippen LogP contribution in [0.2, 0.25) is 0 Å². The van der Waals surface area contributed by atoms with Crippen LogP contribution in [0.1, 0.15) is 37.4 Å². The van der Waals surface area contributed by atoms with E-state index in [9.17, 15) is 18.7 Å². The number of likely N-dealkylation sites (tertiary alicyclic amines) is 2. The zero-order chi connectivity index (χ0) is 16.4. The molecular formula is C17H22F2N2O2. The van der Waals surface area contributed by atoms with Crippen LogP contribution in [-0.2, 0) is 4.79 Å². The first-order valence-electron chi connectivity index (χ1n) is 8.19. The molecule has 0 radical (unpaired) electrons. The molecule has 0 bridgehead atoms. The van der Waals surface area contributed by atoms with E-state index in [2.05, 4.69) is 4.90 Å². The van der Waals surface area contributed by atoms with Crippen LogP contribution in [0, 0.1) is 11.6 Å². The lowest BCUT2D eigenvalue weighted by Gasteiger charge is -2.37. The standard InChI is InChI=1S/C17H22F2N2O2/c18-14-4-3-12(10-15(14)19)16(22)11-20-8-5-13(6-9-20)21-7-1-2-17(21)23/h3-4,10,13,16,22H,1-2,5-9,11H2. The van der Waals surface area contributed by atoms with Gasteiger partial charge in [-0.25, -0.2) is 8.78 Å². The predicted octanol–water partition coefficient (Wildman–Crippen LogP) is 2.08. The molecule has 0 saturated carbocycles. The minimum absolute atomic E-state index is 0.255. The van der Waals surface area contributed by atoms with E-state index in [1.807, 2.05) is 4.90 Å². The first kappa shape index (κ1) is 16.3. The molecule has 1 unspecified atom stereocenters. The van der Waals surface area contributed by atoms with Crippen molar-refractivity contribution in [3.05, 3.63) is 35.4 Å². The fourth-order valence-corrected chi connectivity index (χ4v) is 3.54. The molecule has 1 atom stereocenters. The molecule has 2 fully saturated rings. The molecule has 1 aromatic rings. The Morgan fingerprint density at radius 2 is 1.91 bits per heavy atom. The third kappa shape index (κ3) is 3.70. The Bertz CT molecular complexity index is 574. The second kappa shape index (κ2) is 6.93. The van der Waals surface area contributed by atoms with Gasteiger partial charge in [-0.3, -0.25) is 4.79 Å². The van der Waals surface area contributed by atoms with Crippen LogP contribution in [0.4, 0.5) is 8.78 Å². The molecule has 2 aliphatic rings. The van der Waals surface area contributed by atoms with E-state index in [0.29, 0.717) is 24.6 Å². The molecule has 0 aliphatic carbocycles. The lowest BCUT2D eigenvalue weighted by molar-refractivity contribution is -0.130. The van der Waals surface area contributed by atoms with Crippen molar-refractivity contribution >= 4 is 5.91 Å². The van der Waals surface area contributed by atoms with Crippen molar-refractivity contribution in [1.29, 1.82) is 0 Å². The van der Waals surface area contributed by atoms with Crippen LogP contribution >= 0.6 is 0 Å². The van der Waals surface area contributed by atoms with Gasteiger partial charge in [-0.1, -0.05) is 6.07 Å². The highest BCUT2D eigenvalue weighted by Gasteiger charge is 2.31. The van der Waals surface area contributed by atoms with Gasteiger partial charge >= 0.3 is 0 Å². The van der Waals surface area contributed by atoms with Crippen LogP contribution in [0.3, 0.4) is 0 Å². The molecule has 2 heterocycles. The lowest BCUT2D eigenvalue weighted by Crippen LogP contribution is -2.46. The van der Waals surface area contributed by atoms with Crippen molar-refractivity contribution in [3.63, 3.8) is 0 Å². The zero-order valence-electron chi connectivity index (χ0n) is 13.0. The normalized spacial score (nSPS) is 21.9. The molecule has 2 aliphatic heterocycles. The Kier molecular flexibility index (Phi) is 4.92. The highest BCUT2D eigenvalue weighted by molar-refractivity contribution is 5.78. The molecule has 1 N–H and O–H groups in total. The number of benzene rings is 1. The third-order valence-electron chi connectivity index (χ3n) is 4.87. The topological polar surface area (TPSA) is 43.8 Å². The van der Waals surface area contributed by atoms with Crippen LogP contribution in [0.5, 0.6) is 0 Å². The Morgan fingerprint density at radius 1 is 1.17 bits per heavy atom. The van der Waals surface area contributed by atoms with Gasteiger partial charge in [0.15, 0.2) is 11.6 Å². The van der Waals surface area contributed by atoms with Gasteiger partial charge in [-0.2, -0.15) is 0 Å². The van der Waals surface area contributed by atoms with Gasteiger partial charge in [0.05, 0.1) is 6.10 Å². The summed E-state index contributed by atoms with van der Waals surface area (Å²) in [5, 5.41) is 10.2. The SMILES string of the molecule is O=C1CCCN1C1CCN(CC(O)c2ccc(F)c(F)c2)CC1. The smallest absolute Gasteiger partial charge is 0.222 e. The summed E-state index contributed by atoms with van der Waals surface area (Å²) in [6, 6.07) is 3.81. The van der Waals surface area contributed by atoms with E-state index >= 15 is 0 Å². The summed E-state index contributed by atoms with van der Waals surface area (Å²) in [7, 11) is 0. The summed E-state index contributed by atoms with van der Waals surface area (Å²) < 4.78 is 26.2. The zero-order valence-corrected chi connectivity index (χ0v) is 13.0. The van der Waals surface area contributed by atoms with Crippen molar-refractivity contribution in [2.75, 3.05) is 26.2 Å². The molecule has 23 heavy (non-hydrogen) atoms.